The molecule has 1 fully saturated rings. The van der Waals surface area contributed by atoms with E-state index in [1.165, 1.54) is 4.90 Å². The SMILES string of the molecule is CCN(C(=O)NCCc1ccco1)C1COCC1C(=O)O. The predicted molar refractivity (Wildman–Crippen MR) is 73.9 cm³/mol. The van der Waals surface area contributed by atoms with E-state index >= 15 is 0 Å². The second-order valence-corrected chi connectivity index (χ2v) is 4.90. The van der Waals surface area contributed by atoms with Gasteiger partial charge < -0.3 is 24.5 Å². The highest BCUT2D eigenvalue weighted by atomic mass is 16.5. The summed E-state index contributed by atoms with van der Waals surface area (Å²) < 4.78 is 10.4. The van der Waals surface area contributed by atoms with Crippen LogP contribution >= 0.6 is 0 Å². The summed E-state index contributed by atoms with van der Waals surface area (Å²) in [6.07, 6.45) is 2.18. The zero-order chi connectivity index (χ0) is 15.2. The minimum Gasteiger partial charge on any atom is -0.481 e. The van der Waals surface area contributed by atoms with Gasteiger partial charge in [-0.15, -0.1) is 0 Å². The molecule has 116 valence electrons. The molecule has 2 rings (SSSR count). The number of likely N-dealkylation sites (N-methyl/N-ethyl adjacent to an activating group) is 1. The summed E-state index contributed by atoms with van der Waals surface area (Å²) >= 11 is 0. The first-order valence-corrected chi connectivity index (χ1v) is 7.01. The Morgan fingerprint density at radius 1 is 1.48 bits per heavy atom. The lowest BCUT2D eigenvalue weighted by molar-refractivity contribution is -0.142. The Morgan fingerprint density at radius 2 is 2.29 bits per heavy atom. The Morgan fingerprint density at radius 3 is 2.90 bits per heavy atom. The van der Waals surface area contributed by atoms with Gasteiger partial charge in [0.2, 0.25) is 0 Å². The van der Waals surface area contributed by atoms with Gasteiger partial charge >= 0.3 is 12.0 Å². The van der Waals surface area contributed by atoms with Crippen LogP contribution < -0.4 is 5.32 Å². The first kappa shape index (κ1) is 15.4. The molecule has 0 radical (unpaired) electrons. The van der Waals surface area contributed by atoms with Crippen LogP contribution in [0.1, 0.15) is 12.7 Å². The van der Waals surface area contributed by atoms with E-state index in [2.05, 4.69) is 5.32 Å². The molecule has 0 aromatic carbocycles. The van der Waals surface area contributed by atoms with Crippen LogP contribution in [0.15, 0.2) is 22.8 Å². The van der Waals surface area contributed by atoms with Crippen LogP contribution in [0.25, 0.3) is 0 Å². The van der Waals surface area contributed by atoms with Crippen LogP contribution in [0, 0.1) is 5.92 Å². The number of carboxylic acid groups (broad SMARTS) is 1. The maximum Gasteiger partial charge on any atom is 0.317 e. The molecule has 21 heavy (non-hydrogen) atoms. The van der Waals surface area contributed by atoms with Gasteiger partial charge in [-0.1, -0.05) is 0 Å². The second kappa shape index (κ2) is 7.12. The molecule has 1 saturated heterocycles. The number of hydrogen-bond acceptors (Lipinski definition) is 4. The number of nitrogens with one attached hydrogen (secondary N) is 1. The summed E-state index contributed by atoms with van der Waals surface area (Å²) in [4.78, 5) is 24.9. The van der Waals surface area contributed by atoms with E-state index in [0.717, 1.165) is 5.76 Å². The molecular formula is C14H20N2O5. The number of carboxylic acids is 1. The van der Waals surface area contributed by atoms with Gasteiger partial charge in [0.15, 0.2) is 0 Å². The fraction of sp³-hybridized carbons (Fsp3) is 0.571. The fourth-order valence-corrected chi connectivity index (χ4v) is 2.46. The number of rotatable bonds is 6. The Labute approximate surface area is 122 Å². The standard InChI is InChI=1S/C14H20N2O5/c1-2-16(12-9-20-8-11(12)13(17)18)14(19)15-6-5-10-4-3-7-21-10/h3-4,7,11-12H,2,5-6,8-9H2,1H3,(H,15,19)(H,17,18). The zero-order valence-electron chi connectivity index (χ0n) is 11.9. The van der Waals surface area contributed by atoms with Crippen LogP contribution in [-0.2, 0) is 16.0 Å². The molecule has 7 heteroatoms. The highest BCUT2D eigenvalue weighted by Gasteiger charge is 2.39. The highest BCUT2D eigenvalue weighted by Crippen LogP contribution is 2.20. The van der Waals surface area contributed by atoms with Crippen LogP contribution in [0.5, 0.6) is 0 Å². The molecule has 0 aliphatic carbocycles. The van der Waals surface area contributed by atoms with Gasteiger partial charge in [0.25, 0.3) is 0 Å². The van der Waals surface area contributed by atoms with E-state index in [1.54, 1.807) is 12.3 Å². The molecule has 0 spiro atoms. The molecule has 7 nitrogen and oxygen atoms in total. The lowest BCUT2D eigenvalue weighted by Crippen LogP contribution is -2.50. The molecule has 1 aliphatic heterocycles. The number of aliphatic carboxylic acids is 1. The maximum atomic E-state index is 12.2. The lowest BCUT2D eigenvalue weighted by Gasteiger charge is -2.29. The number of urea groups is 1. The summed E-state index contributed by atoms with van der Waals surface area (Å²) in [6, 6.07) is 2.94. The lowest BCUT2D eigenvalue weighted by atomic mass is 10.0. The van der Waals surface area contributed by atoms with Gasteiger partial charge in [-0.2, -0.15) is 0 Å². The van der Waals surface area contributed by atoms with Gasteiger partial charge in [0.05, 0.1) is 25.5 Å². The summed E-state index contributed by atoms with van der Waals surface area (Å²) in [5.74, 6) is -0.800. The summed E-state index contributed by atoms with van der Waals surface area (Å²) in [6.45, 7) is 3.11. The van der Waals surface area contributed by atoms with E-state index in [0.29, 0.717) is 19.5 Å². The normalized spacial score (nSPS) is 21.2. The second-order valence-electron chi connectivity index (χ2n) is 4.90. The number of ether oxygens (including phenoxy) is 1. The van der Waals surface area contributed by atoms with Crippen molar-refractivity contribution in [1.82, 2.24) is 10.2 Å². The van der Waals surface area contributed by atoms with Crippen molar-refractivity contribution < 1.29 is 23.8 Å². The number of amides is 2. The van der Waals surface area contributed by atoms with Crippen molar-refractivity contribution in [3.63, 3.8) is 0 Å². The molecule has 1 aromatic heterocycles. The molecule has 2 heterocycles. The van der Waals surface area contributed by atoms with Crippen molar-refractivity contribution in [2.75, 3.05) is 26.3 Å². The van der Waals surface area contributed by atoms with Crippen molar-refractivity contribution in [1.29, 1.82) is 0 Å². The third-order valence-corrected chi connectivity index (χ3v) is 3.60. The maximum absolute atomic E-state index is 12.2. The average molecular weight is 296 g/mol. The molecule has 2 unspecified atom stereocenters. The molecule has 2 N–H and O–H groups in total. The van der Waals surface area contributed by atoms with Crippen LogP contribution in [0.2, 0.25) is 0 Å². The predicted octanol–water partition coefficient (Wildman–Crippen LogP) is 0.953. The summed E-state index contributed by atoms with van der Waals surface area (Å²) in [5.41, 5.74) is 0. The van der Waals surface area contributed by atoms with Crippen molar-refractivity contribution in [3.05, 3.63) is 24.2 Å². The molecule has 2 amide bonds. The van der Waals surface area contributed by atoms with Crippen molar-refractivity contribution >= 4 is 12.0 Å². The fourth-order valence-electron chi connectivity index (χ4n) is 2.46. The molecular weight excluding hydrogens is 276 g/mol. The summed E-state index contributed by atoms with van der Waals surface area (Å²) in [5, 5.41) is 11.9. The molecule has 2 atom stereocenters. The van der Waals surface area contributed by atoms with Crippen molar-refractivity contribution in [2.24, 2.45) is 5.92 Å². The smallest absolute Gasteiger partial charge is 0.317 e. The Kier molecular flexibility index (Phi) is 5.21. The van der Waals surface area contributed by atoms with Crippen LogP contribution in [-0.4, -0.2) is 54.4 Å². The van der Waals surface area contributed by atoms with Gasteiger partial charge in [0.1, 0.15) is 11.7 Å². The number of carbonyl (C=O) groups is 2. The number of furan rings is 1. The van der Waals surface area contributed by atoms with E-state index in [4.69, 9.17) is 14.3 Å². The molecule has 1 aliphatic rings. The monoisotopic (exact) mass is 296 g/mol. The number of nitrogens with zero attached hydrogens (tertiary/aromatic N) is 1. The first-order valence-electron chi connectivity index (χ1n) is 7.01. The topological polar surface area (TPSA) is 92.0 Å². The van der Waals surface area contributed by atoms with E-state index in [-0.39, 0.29) is 19.2 Å². The van der Waals surface area contributed by atoms with Crippen molar-refractivity contribution in [2.45, 2.75) is 19.4 Å². The Bertz CT molecular complexity index is 474. The molecule has 0 bridgehead atoms. The Balaban J connectivity index is 1.87. The highest BCUT2D eigenvalue weighted by molar-refractivity contribution is 5.77. The van der Waals surface area contributed by atoms with Gasteiger partial charge in [-0.05, 0) is 19.1 Å². The largest absolute Gasteiger partial charge is 0.481 e. The van der Waals surface area contributed by atoms with Crippen LogP contribution in [0.4, 0.5) is 4.79 Å². The van der Waals surface area contributed by atoms with Crippen molar-refractivity contribution in [3.8, 4) is 0 Å². The van der Waals surface area contributed by atoms with Gasteiger partial charge in [-0.3, -0.25) is 4.79 Å². The van der Waals surface area contributed by atoms with E-state index < -0.39 is 17.9 Å². The van der Waals surface area contributed by atoms with Crippen LogP contribution in [0.3, 0.4) is 0 Å². The van der Waals surface area contributed by atoms with Gasteiger partial charge in [0, 0.05) is 19.5 Å². The Hall–Kier alpha value is -2.02. The minimum absolute atomic E-state index is 0.149. The quantitative estimate of drug-likeness (QED) is 0.815. The average Bonchev–Trinajstić information content (AvgIpc) is 3.10. The van der Waals surface area contributed by atoms with E-state index in [1.807, 2.05) is 13.0 Å². The first-order chi connectivity index (χ1) is 10.1. The minimum atomic E-state index is -0.931. The molecule has 1 aromatic rings. The van der Waals surface area contributed by atoms with E-state index in [9.17, 15) is 9.59 Å². The number of hydrogen-bond donors (Lipinski definition) is 2. The molecule has 0 saturated carbocycles. The third kappa shape index (κ3) is 3.75. The summed E-state index contributed by atoms with van der Waals surface area (Å²) in [7, 11) is 0. The number of carbonyl (C=O) groups excluding carboxylic acids is 1. The van der Waals surface area contributed by atoms with Gasteiger partial charge in [-0.25, -0.2) is 4.79 Å². The zero-order valence-corrected chi connectivity index (χ0v) is 11.9. The third-order valence-electron chi connectivity index (χ3n) is 3.60.